The highest BCUT2D eigenvalue weighted by Gasteiger charge is 2.10. The molecule has 0 spiro atoms. The number of rotatable bonds is 4. The van der Waals surface area contributed by atoms with Gasteiger partial charge in [-0.15, -0.1) is 0 Å². The largest absolute Gasteiger partial charge is 0.489 e. The van der Waals surface area contributed by atoms with Gasteiger partial charge in [0.15, 0.2) is 4.80 Å². The maximum absolute atomic E-state index is 12.2. The lowest BCUT2D eigenvalue weighted by molar-refractivity contribution is 0.362. The van der Waals surface area contributed by atoms with E-state index < -0.39 is 0 Å². The Balaban J connectivity index is 2.09. The van der Waals surface area contributed by atoms with Gasteiger partial charge in [0, 0.05) is 12.1 Å². The summed E-state index contributed by atoms with van der Waals surface area (Å²) in [5.41, 5.74) is 0.928. The molecule has 0 bridgehead atoms. The normalized spacial score (nSPS) is 13.9. The predicted octanol–water partition coefficient (Wildman–Crippen LogP) is 0.937. The SMILES string of the molecule is C=CCOc1ccccc1/C=c1\sc2n(c1=O)CCN=2. The van der Waals surface area contributed by atoms with Crippen LogP contribution >= 0.6 is 11.3 Å². The van der Waals surface area contributed by atoms with Crippen LogP contribution in [0.15, 0.2) is 46.7 Å². The fraction of sp³-hybridized carbons (Fsp3) is 0.200. The third-order valence-corrected chi connectivity index (χ3v) is 4.07. The molecule has 20 heavy (non-hydrogen) atoms. The van der Waals surface area contributed by atoms with Crippen molar-refractivity contribution in [3.63, 3.8) is 0 Å². The Bertz CT molecular complexity index is 817. The van der Waals surface area contributed by atoms with Gasteiger partial charge in [-0.2, -0.15) is 0 Å². The number of hydrogen-bond acceptors (Lipinski definition) is 4. The quantitative estimate of drug-likeness (QED) is 0.785. The van der Waals surface area contributed by atoms with Gasteiger partial charge >= 0.3 is 0 Å². The van der Waals surface area contributed by atoms with Crippen molar-refractivity contribution >= 4 is 17.4 Å². The summed E-state index contributed by atoms with van der Waals surface area (Å²) in [5.74, 6) is 0.752. The van der Waals surface area contributed by atoms with Gasteiger partial charge in [-0.25, -0.2) is 0 Å². The average Bonchev–Trinajstić information content (AvgIpc) is 3.02. The highest BCUT2D eigenvalue weighted by atomic mass is 32.1. The van der Waals surface area contributed by atoms with Gasteiger partial charge < -0.3 is 4.74 Å². The number of ether oxygens (including phenoxy) is 1. The van der Waals surface area contributed by atoms with Crippen LogP contribution in [0, 0.1) is 0 Å². The third-order valence-electron chi connectivity index (χ3n) is 3.02. The van der Waals surface area contributed by atoms with Gasteiger partial charge in [0.05, 0.1) is 11.1 Å². The molecule has 5 heteroatoms. The summed E-state index contributed by atoms with van der Waals surface area (Å²) in [6.07, 6.45) is 3.57. The van der Waals surface area contributed by atoms with Crippen molar-refractivity contribution in [2.24, 2.45) is 4.99 Å². The highest BCUT2D eigenvalue weighted by Crippen LogP contribution is 2.18. The van der Waals surface area contributed by atoms with Crippen molar-refractivity contribution in [2.75, 3.05) is 13.2 Å². The number of nitrogens with zero attached hydrogens (tertiary/aromatic N) is 2. The van der Waals surface area contributed by atoms with Gasteiger partial charge in [0.25, 0.3) is 5.56 Å². The van der Waals surface area contributed by atoms with Crippen LogP contribution in [0.25, 0.3) is 6.08 Å². The molecule has 2 heterocycles. The molecule has 0 unspecified atom stereocenters. The molecule has 3 rings (SSSR count). The Morgan fingerprint density at radius 1 is 1.45 bits per heavy atom. The fourth-order valence-electron chi connectivity index (χ4n) is 2.09. The first-order valence-electron chi connectivity index (χ1n) is 6.38. The molecule has 0 N–H and O–H groups in total. The van der Waals surface area contributed by atoms with Crippen molar-refractivity contribution in [2.45, 2.75) is 6.54 Å². The minimum atomic E-state index is 0.0322. The average molecular weight is 286 g/mol. The first-order chi connectivity index (χ1) is 9.79. The number of para-hydroxylation sites is 1. The lowest BCUT2D eigenvalue weighted by atomic mass is 10.2. The number of benzene rings is 1. The highest BCUT2D eigenvalue weighted by molar-refractivity contribution is 7.07. The van der Waals surface area contributed by atoms with Crippen molar-refractivity contribution in [1.29, 1.82) is 0 Å². The summed E-state index contributed by atoms with van der Waals surface area (Å²) >= 11 is 1.43. The number of aromatic nitrogens is 1. The number of thiazole rings is 1. The van der Waals surface area contributed by atoms with Crippen LogP contribution in [0.4, 0.5) is 0 Å². The molecule has 1 aliphatic rings. The topological polar surface area (TPSA) is 43.6 Å². The minimum Gasteiger partial charge on any atom is -0.489 e. The van der Waals surface area contributed by atoms with Gasteiger partial charge in [-0.3, -0.25) is 14.4 Å². The fourth-order valence-corrected chi connectivity index (χ4v) is 3.11. The Kier molecular flexibility index (Phi) is 3.52. The molecule has 0 amide bonds. The summed E-state index contributed by atoms with van der Waals surface area (Å²) in [4.78, 5) is 17.3. The van der Waals surface area contributed by atoms with Crippen LogP contribution in [0.2, 0.25) is 0 Å². The van der Waals surface area contributed by atoms with Gasteiger partial charge in [-0.05, 0) is 12.1 Å². The zero-order valence-corrected chi connectivity index (χ0v) is 11.7. The zero-order chi connectivity index (χ0) is 13.9. The third kappa shape index (κ3) is 2.32. The molecule has 0 saturated carbocycles. The van der Waals surface area contributed by atoms with Crippen molar-refractivity contribution in [3.8, 4) is 5.75 Å². The van der Waals surface area contributed by atoms with E-state index in [9.17, 15) is 4.79 Å². The molecule has 0 radical (unpaired) electrons. The zero-order valence-electron chi connectivity index (χ0n) is 10.9. The Morgan fingerprint density at radius 3 is 3.10 bits per heavy atom. The van der Waals surface area contributed by atoms with E-state index in [1.807, 2.05) is 30.3 Å². The smallest absolute Gasteiger partial charge is 0.270 e. The van der Waals surface area contributed by atoms with E-state index in [2.05, 4.69) is 11.6 Å². The van der Waals surface area contributed by atoms with E-state index in [1.165, 1.54) is 11.3 Å². The first-order valence-corrected chi connectivity index (χ1v) is 7.20. The second-order valence-electron chi connectivity index (χ2n) is 4.37. The van der Waals surface area contributed by atoms with Crippen LogP contribution < -0.4 is 19.6 Å². The first kappa shape index (κ1) is 12.9. The Morgan fingerprint density at radius 2 is 2.30 bits per heavy atom. The van der Waals surface area contributed by atoms with Crippen LogP contribution in [0.3, 0.4) is 0 Å². The number of fused-ring (bicyclic) bond motifs is 1. The molecule has 0 fully saturated rings. The standard InChI is InChI=1S/C15H14N2O2S/c1-2-9-19-12-6-4-3-5-11(12)10-13-14(18)17-8-7-16-15(17)20-13/h2-6,10H,1,7-9H2/b13-10-. The van der Waals surface area contributed by atoms with E-state index in [0.717, 1.165) is 16.1 Å². The molecule has 102 valence electrons. The molecule has 0 saturated heterocycles. The van der Waals surface area contributed by atoms with E-state index >= 15 is 0 Å². The maximum atomic E-state index is 12.2. The molecule has 1 aromatic carbocycles. The van der Waals surface area contributed by atoms with E-state index in [-0.39, 0.29) is 5.56 Å². The summed E-state index contributed by atoms with van der Waals surface area (Å²) < 4.78 is 8.02. The van der Waals surface area contributed by atoms with E-state index in [1.54, 1.807) is 10.6 Å². The maximum Gasteiger partial charge on any atom is 0.270 e. The van der Waals surface area contributed by atoms with Crippen molar-refractivity contribution in [1.82, 2.24) is 4.57 Å². The minimum absolute atomic E-state index is 0.0322. The monoisotopic (exact) mass is 286 g/mol. The molecule has 0 aliphatic carbocycles. The van der Waals surface area contributed by atoms with E-state index in [0.29, 0.717) is 24.2 Å². The molecular formula is C15H14N2O2S. The lowest BCUT2D eigenvalue weighted by Crippen LogP contribution is -2.29. The van der Waals surface area contributed by atoms with Crippen LogP contribution in [-0.4, -0.2) is 17.7 Å². The van der Waals surface area contributed by atoms with Crippen LogP contribution in [-0.2, 0) is 6.54 Å². The summed E-state index contributed by atoms with van der Waals surface area (Å²) in [6.45, 7) is 5.48. The molecule has 1 aliphatic heterocycles. The molecule has 0 atom stereocenters. The van der Waals surface area contributed by atoms with E-state index in [4.69, 9.17) is 4.74 Å². The van der Waals surface area contributed by atoms with Gasteiger partial charge in [-0.1, -0.05) is 42.2 Å². The summed E-state index contributed by atoms with van der Waals surface area (Å²) in [5, 5.41) is 0. The van der Waals surface area contributed by atoms with Gasteiger partial charge in [0.1, 0.15) is 12.4 Å². The molecule has 1 aromatic heterocycles. The Hall–Kier alpha value is -2.14. The van der Waals surface area contributed by atoms with Gasteiger partial charge in [0.2, 0.25) is 0 Å². The summed E-state index contributed by atoms with van der Waals surface area (Å²) in [6, 6.07) is 7.66. The second kappa shape index (κ2) is 5.46. The van der Waals surface area contributed by atoms with Crippen LogP contribution in [0.1, 0.15) is 5.56 Å². The molecular weight excluding hydrogens is 272 g/mol. The lowest BCUT2D eigenvalue weighted by Gasteiger charge is -2.05. The summed E-state index contributed by atoms with van der Waals surface area (Å²) in [7, 11) is 0. The van der Waals surface area contributed by atoms with Crippen molar-refractivity contribution in [3.05, 3.63) is 62.2 Å². The second-order valence-corrected chi connectivity index (χ2v) is 5.38. The van der Waals surface area contributed by atoms with Crippen LogP contribution in [0.5, 0.6) is 5.75 Å². The number of hydrogen-bond donors (Lipinski definition) is 0. The van der Waals surface area contributed by atoms with Crippen molar-refractivity contribution < 1.29 is 4.74 Å². The molecule has 4 nitrogen and oxygen atoms in total. The predicted molar refractivity (Wildman–Crippen MR) is 79.9 cm³/mol. The molecule has 2 aromatic rings. The Labute approximate surface area is 120 Å².